The summed E-state index contributed by atoms with van der Waals surface area (Å²) in [5, 5.41) is 13.6. The van der Waals surface area contributed by atoms with Crippen LogP contribution in [0.5, 0.6) is 0 Å². The molecule has 6 nitrogen and oxygen atoms in total. The van der Waals surface area contributed by atoms with E-state index < -0.39 is 4.92 Å². The SMILES string of the molecule is Cc1ccc([N+](=O)[O-])cc1NC(=O)c1scnc1-c1ccccc1. The van der Waals surface area contributed by atoms with Crippen LogP contribution >= 0.6 is 11.3 Å². The summed E-state index contributed by atoms with van der Waals surface area (Å²) >= 11 is 1.23. The monoisotopic (exact) mass is 339 g/mol. The Bertz CT molecular complexity index is 906. The van der Waals surface area contributed by atoms with Gasteiger partial charge >= 0.3 is 0 Å². The van der Waals surface area contributed by atoms with E-state index >= 15 is 0 Å². The maximum absolute atomic E-state index is 12.6. The number of nitro benzene ring substituents is 1. The summed E-state index contributed by atoms with van der Waals surface area (Å²) in [7, 11) is 0. The third-order valence-corrected chi connectivity index (χ3v) is 4.33. The lowest BCUT2D eigenvalue weighted by atomic mass is 10.1. The van der Waals surface area contributed by atoms with E-state index in [1.165, 1.54) is 23.5 Å². The molecule has 3 rings (SSSR count). The van der Waals surface area contributed by atoms with Gasteiger partial charge in [-0.15, -0.1) is 11.3 Å². The minimum absolute atomic E-state index is 0.0662. The predicted octanol–water partition coefficient (Wildman–Crippen LogP) is 4.28. The normalized spacial score (nSPS) is 10.4. The zero-order chi connectivity index (χ0) is 17.1. The van der Waals surface area contributed by atoms with Crippen molar-refractivity contribution in [3.05, 3.63) is 74.6 Å². The van der Waals surface area contributed by atoms with E-state index in [9.17, 15) is 14.9 Å². The Labute approximate surface area is 141 Å². The van der Waals surface area contributed by atoms with Gasteiger partial charge in [0.2, 0.25) is 0 Å². The maximum atomic E-state index is 12.6. The highest BCUT2D eigenvalue weighted by atomic mass is 32.1. The van der Waals surface area contributed by atoms with Crippen LogP contribution in [0.3, 0.4) is 0 Å². The van der Waals surface area contributed by atoms with Gasteiger partial charge < -0.3 is 5.32 Å². The van der Waals surface area contributed by atoms with Gasteiger partial charge in [0.1, 0.15) is 4.88 Å². The summed E-state index contributed by atoms with van der Waals surface area (Å²) in [4.78, 5) is 27.7. The summed E-state index contributed by atoms with van der Waals surface area (Å²) in [6.45, 7) is 1.78. The molecule has 0 saturated heterocycles. The topological polar surface area (TPSA) is 85.1 Å². The number of nitrogens with one attached hydrogen (secondary N) is 1. The number of hydrogen-bond donors (Lipinski definition) is 1. The molecule has 0 aliphatic carbocycles. The van der Waals surface area contributed by atoms with Crippen molar-refractivity contribution in [2.24, 2.45) is 0 Å². The van der Waals surface area contributed by atoms with Gasteiger partial charge in [0.05, 0.1) is 21.8 Å². The number of carbonyl (C=O) groups excluding carboxylic acids is 1. The van der Waals surface area contributed by atoms with Crippen molar-refractivity contribution >= 4 is 28.6 Å². The summed E-state index contributed by atoms with van der Waals surface area (Å²) in [6.07, 6.45) is 0. The molecule has 1 amide bonds. The highest BCUT2D eigenvalue weighted by Gasteiger charge is 2.18. The largest absolute Gasteiger partial charge is 0.321 e. The van der Waals surface area contributed by atoms with E-state index in [4.69, 9.17) is 0 Å². The lowest BCUT2D eigenvalue weighted by Crippen LogP contribution is -2.12. The van der Waals surface area contributed by atoms with E-state index in [2.05, 4.69) is 10.3 Å². The van der Waals surface area contributed by atoms with Gasteiger partial charge in [0, 0.05) is 17.7 Å². The number of rotatable bonds is 4. The average Bonchev–Trinajstić information content (AvgIpc) is 3.07. The molecule has 2 aromatic carbocycles. The molecular weight excluding hydrogens is 326 g/mol. The number of anilines is 1. The van der Waals surface area contributed by atoms with Crippen LogP contribution in [0.1, 0.15) is 15.2 Å². The van der Waals surface area contributed by atoms with Crippen LogP contribution in [0.15, 0.2) is 54.0 Å². The quantitative estimate of drug-likeness (QED) is 0.568. The summed E-state index contributed by atoms with van der Waals surface area (Å²) < 4.78 is 0. The molecule has 0 saturated carbocycles. The molecule has 7 heteroatoms. The Morgan fingerprint density at radius 3 is 2.67 bits per heavy atom. The number of amides is 1. The summed E-state index contributed by atoms with van der Waals surface area (Å²) in [5.41, 5.74) is 4.16. The molecule has 1 heterocycles. The molecule has 0 aliphatic rings. The number of carbonyl (C=O) groups is 1. The van der Waals surface area contributed by atoms with E-state index in [1.807, 2.05) is 30.3 Å². The first kappa shape index (κ1) is 15.8. The Morgan fingerprint density at radius 2 is 1.96 bits per heavy atom. The van der Waals surface area contributed by atoms with Crippen molar-refractivity contribution in [2.45, 2.75) is 6.92 Å². The van der Waals surface area contributed by atoms with Gasteiger partial charge in [-0.1, -0.05) is 36.4 Å². The van der Waals surface area contributed by atoms with Gasteiger partial charge in [-0.05, 0) is 12.5 Å². The van der Waals surface area contributed by atoms with Gasteiger partial charge in [-0.25, -0.2) is 4.98 Å². The van der Waals surface area contributed by atoms with Crippen LogP contribution in [0, 0.1) is 17.0 Å². The Hall–Kier alpha value is -3.06. The molecule has 0 unspecified atom stereocenters. The molecule has 0 radical (unpaired) electrons. The Balaban J connectivity index is 1.91. The van der Waals surface area contributed by atoms with E-state index in [0.29, 0.717) is 16.3 Å². The first-order valence-corrected chi connectivity index (χ1v) is 7.99. The molecule has 120 valence electrons. The van der Waals surface area contributed by atoms with Crippen LogP contribution in [-0.2, 0) is 0 Å². The second kappa shape index (κ2) is 6.59. The third kappa shape index (κ3) is 3.16. The van der Waals surface area contributed by atoms with Crippen molar-refractivity contribution in [3.63, 3.8) is 0 Å². The predicted molar refractivity (Wildman–Crippen MR) is 93.3 cm³/mol. The molecule has 3 aromatic rings. The maximum Gasteiger partial charge on any atom is 0.271 e. The van der Waals surface area contributed by atoms with Crippen molar-refractivity contribution in [2.75, 3.05) is 5.32 Å². The molecule has 0 spiro atoms. The van der Waals surface area contributed by atoms with Crippen molar-refractivity contribution in [3.8, 4) is 11.3 Å². The number of aromatic nitrogens is 1. The molecule has 24 heavy (non-hydrogen) atoms. The molecule has 0 aliphatic heterocycles. The van der Waals surface area contributed by atoms with Crippen LogP contribution in [-0.4, -0.2) is 15.8 Å². The lowest BCUT2D eigenvalue weighted by Gasteiger charge is -2.08. The van der Waals surface area contributed by atoms with Crippen LogP contribution < -0.4 is 5.32 Å². The first-order chi connectivity index (χ1) is 11.6. The molecular formula is C17H13N3O3S. The number of aryl methyl sites for hydroxylation is 1. The van der Waals surface area contributed by atoms with E-state index in [-0.39, 0.29) is 11.6 Å². The van der Waals surface area contributed by atoms with E-state index in [0.717, 1.165) is 11.1 Å². The fourth-order valence-electron chi connectivity index (χ4n) is 2.25. The molecule has 1 aromatic heterocycles. The minimum atomic E-state index is -0.489. The van der Waals surface area contributed by atoms with Crippen molar-refractivity contribution in [1.82, 2.24) is 4.98 Å². The second-order valence-electron chi connectivity index (χ2n) is 5.11. The third-order valence-electron chi connectivity index (χ3n) is 3.50. The fraction of sp³-hybridized carbons (Fsp3) is 0.0588. The number of nitrogens with zero attached hydrogens (tertiary/aromatic N) is 2. The van der Waals surface area contributed by atoms with Gasteiger partial charge in [-0.3, -0.25) is 14.9 Å². The van der Waals surface area contributed by atoms with Gasteiger partial charge in [0.15, 0.2) is 0 Å². The highest BCUT2D eigenvalue weighted by molar-refractivity contribution is 7.12. The summed E-state index contributed by atoms with van der Waals surface area (Å²) in [5.74, 6) is -0.333. The number of thiazole rings is 1. The molecule has 1 N–H and O–H groups in total. The van der Waals surface area contributed by atoms with Crippen LogP contribution in [0.4, 0.5) is 11.4 Å². The zero-order valence-electron chi connectivity index (χ0n) is 12.7. The standard InChI is InChI=1S/C17H13N3O3S/c1-11-7-8-13(20(22)23)9-14(11)19-17(21)16-15(18-10-24-16)12-5-3-2-4-6-12/h2-10H,1H3,(H,19,21). The number of benzene rings is 2. The van der Waals surface area contributed by atoms with E-state index in [1.54, 1.807) is 18.5 Å². The zero-order valence-corrected chi connectivity index (χ0v) is 13.5. The first-order valence-electron chi connectivity index (χ1n) is 7.11. The van der Waals surface area contributed by atoms with Gasteiger partial charge in [-0.2, -0.15) is 0 Å². The lowest BCUT2D eigenvalue weighted by molar-refractivity contribution is -0.384. The average molecular weight is 339 g/mol. The van der Waals surface area contributed by atoms with Crippen molar-refractivity contribution < 1.29 is 9.72 Å². The van der Waals surface area contributed by atoms with Crippen molar-refractivity contribution in [1.29, 1.82) is 0 Å². The molecule has 0 fully saturated rings. The van der Waals surface area contributed by atoms with Crippen LogP contribution in [0.2, 0.25) is 0 Å². The Kier molecular flexibility index (Phi) is 4.35. The molecule has 0 bridgehead atoms. The second-order valence-corrected chi connectivity index (χ2v) is 5.96. The number of non-ortho nitro benzene ring substituents is 1. The summed E-state index contributed by atoms with van der Waals surface area (Å²) in [6, 6.07) is 13.8. The number of hydrogen-bond acceptors (Lipinski definition) is 5. The minimum Gasteiger partial charge on any atom is -0.321 e. The fourth-order valence-corrected chi connectivity index (χ4v) is 2.95. The molecule has 0 atom stereocenters. The Morgan fingerprint density at radius 1 is 1.21 bits per heavy atom. The smallest absolute Gasteiger partial charge is 0.271 e. The number of nitro groups is 1. The van der Waals surface area contributed by atoms with Crippen LogP contribution in [0.25, 0.3) is 11.3 Å². The van der Waals surface area contributed by atoms with Gasteiger partial charge in [0.25, 0.3) is 11.6 Å². The highest BCUT2D eigenvalue weighted by Crippen LogP contribution is 2.28.